The van der Waals surface area contributed by atoms with E-state index < -0.39 is 0 Å². The summed E-state index contributed by atoms with van der Waals surface area (Å²) in [5, 5.41) is 0.455. The van der Waals surface area contributed by atoms with E-state index in [0.29, 0.717) is 28.2 Å². The van der Waals surface area contributed by atoms with Gasteiger partial charge in [0.05, 0.1) is 14.2 Å². The Morgan fingerprint density at radius 1 is 1.04 bits per heavy atom. The molecule has 0 bridgehead atoms. The van der Waals surface area contributed by atoms with Crippen LogP contribution in [-0.4, -0.2) is 19.8 Å². The van der Waals surface area contributed by atoms with Crippen molar-refractivity contribution >= 4 is 11.0 Å². The molecule has 0 atom stereocenters. The smallest absolute Gasteiger partial charge is 0.197 e. The van der Waals surface area contributed by atoms with Crippen LogP contribution in [0.2, 0.25) is 0 Å². The Kier molecular flexibility index (Phi) is 4.10. The van der Waals surface area contributed by atoms with Gasteiger partial charge in [0.15, 0.2) is 5.43 Å². The van der Waals surface area contributed by atoms with Crippen LogP contribution in [0.15, 0.2) is 45.6 Å². The third kappa shape index (κ3) is 3.03. The number of hydrogen-bond donors (Lipinski definition) is 0. The molecule has 1 aliphatic heterocycles. The minimum atomic E-state index is -0.264. The molecule has 4 rings (SSSR count). The second-order valence-electron chi connectivity index (χ2n) is 7.32. The summed E-state index contributed by atoms with van der Waals surface area (Å²) in [6.07, 6.45) is 1.62. The van der Waals surface area contributed by atoms with Crippen LogP contribution in [0.25, 0.3) is 22.3 Å². The first-order valence-electron chi connectivity index (χ1n) is 8.93. The minimum absolute atomic E-state index is 0.133. The first kappa shape index (κ1) is 17.5. The molecule has 5 nitrogen and oxygen atoms in total. The van der Waals surface area contributed by atoms with E-state index in [1.807, 2.05) is 24.3 Å². The van der Waals surface area contributed by atoms with Gasteiger partial charge in [0.2, 0.25) is 0 Å². The molecule has 0 fully saturated rings. The molecule has 0 amide bonds. The summed E-state index contributed by atoms with van der Waals surface area (Å²) < 4.78 is 23.0. The molecule has 0 saturated heterocycles. The van der Waals surface area contributed by atoms with Crippen molar-refractivity contribution in [2.45, 2.75) is 32.3 Å². The van der Waals surface area contributed by atoms with E-state index in [2.05, 4.69) is 13.8 Å². The quantitative estimate of drug-likeness (QED) is 0.679. The molecular weight excluding hydrogens is 344 g/mol. The second-order valence-corrected chi connectivity index (χ2v) is 7.32. The highest BCUT2D eigenvalue weighted by Crippen LogP contribution is 2.42. The first-order chi connectivity index (χ1) is 12.9. The first-order valence-corrected chi connectivity index (χ1v) is 8.93. The van der Waals surface area contributed by atoms with E-state index in [0.717, 1.165) is 29.7 Å². The summed E-state index contributed by atoms with van der Waals surface area (Å²) in [5.74, 6) is 2.44. The zero-order valence-electron chi connectivity index (χ0n) is 15.9. The Balaban J connectivity index is 1.96. The average molecular weight is 366 g/mol. The van der Waals surface area contributed by atoms with E-state index in [-0.39, 0.29) is 11.0 Å². The van der Waals surface area contributed by atoms with E-state index in [4.69, 9.17) is 18.6 Å². The lowest BCUT2D eigenvalue weighted by Gasteiger charge is -2.33. The summed E-state index contributed by atoms with van der Waals surface area (Å²) in [6, 6.07) is 10.7. The second kappa shape index (κ2) is 6.34. The zero-order valence-corrected chi connectivity index (χ0v) is 15.9. The molecule has 0 aliphatic carbocycles. The Morgan fingerprint density at radius 2 is 1.78 bits per heavy atom. The molecular formula is C22H22O5. The normalized spacial score (nSPS) is 15.1. The van der Waals surface area contributed by atoms with Crippen LogP contribution in [0.3, 0.4) is 0 Å². The van der Waals surface area contributed by atoms with Crippen LogP contribution >= 0.6 is 0 Å². The zero-order chi connectivity index (χ0) is 19.2. The molecule has 3 aromatic rings. The highest BCUT2D eigenvalue weighted by atomic mass is 16.5. The maximum absolute atomic E-state index is 12.9. The molecule has 1 aromatic heterocycles. The van der Waals surface area contributed by atoms with E-state index in [1.165, 1.54) is 6.07 Å². The summed E-state index contributed by atoms with van der Waals surface area (Å²) in [6.45, 7) is 4.10. The van der Waals surface area contributed by atoms with Gasteiger partial charge in [0.25, 0.3) is 0 Å². The fraction of sp³-hybridized carbons (Fsp3) is 0.318. The molecule has 0 unspecified atom stereocenters. The Hall–Kier alpha value is -2.95. The third-order valence-electron chi connectivity index (χ3n) is 4.99. The predicted octanol–water partition coefficient (Wildman–Crippen LogP) is 4.58. The van der Waals surface area contributed by atoms with Crippen LogP contribution in [0.4, 0.5) is 0 Å². The summed E-state index contributed by atoms with van der Waals surface area (Å²) in [4.78, 5) is 12.9. The highest BCUT2D eigenvalue weighted by Gasteiger charge is 2.30. The molecule has 140 valence electrons. The van der Waals surface area contributed by atoms with Crippen molar-refractivity contribution < 1.29 is 18.6 Å². The maximum atomic E-state index is 12.9. The standard InChI is InChI=1S/C22H22O5/c1-22(2)10-9-15-18(27-22)12-19(25-4)20-16(23)11-17(26-21(15)20)13-5-7-14(24-3)8-6-13/h5-8,11-12H,9-10H2,1-4H3. The number of benzene rings is 2. The van der Waals surface area contributed by atoms with Gasteiger partial charge in [-0.05, 0) is 51.0 Å². The minimum Gasteiger partial charge on any atom is -0.497 e. The third-order valence-corrected chi connectivity index (χ3v) is 4.99. The highest BCUT2D eigenvalue weighted by molar-refractivity contribution is 5.89. The van der Waals surface area contributed by atoms with Crippen LogP contribution < -0.4 is 19.6 Å². The lowest BCUT2D eigenvalue weighted by atomic mass is 9.92. The van der Waals surface area contributed by atoms with Gasteiger partial charge in [0.1, 0.15) is 39.6 Å². The van der Waals surface area contributed by atoms with Crippen molar-refractivity contribution in [3.63, 3.8) is 0 Å². The molecule has 0 N–H and O–H groups in total. The Morgan fingerprint density at radius 3 is 2.44 bits per heavy atom. The molecule has 0 saturated carbocycles. The van der Waals surface area contributed by atoms with Crippen molar-refractivity contribution in [1.82, 2.24) is 0 Å². The number of methoxy groups -OCH3 is 2. The number of rotatable bonds is 3. The fourth-order valence-electron chi connectivity index (χ4n) is 3.49. The molecule has 5 heteroatoms. The monoisotopic (exact) mass is 366 g/mol. The number of aryl methyl sites for hydroxylation is 1. The Bertz CT molecular complexity index is 1060. The molecule has 1 aliphatic rings. The van der Waals surface area contributed by atoms with Gasteiger partial charge in [0, 0.05) is 23.3 Å². The van der Waals surface area contributed by atoms with E-state index >= 15 is 0 Å². The van der Waals surface area contributed by atoms with Crippen LogP contribution in [0.5, 0.6) is 17.2 Å². The van der Waals surface area contributed by atoms with Crippen molar-refractivity contribution in [2.24, 2.45) is 0 Å². The van der Waals surface area contributed by atoms with Gasteiger partial charge in [-0.25, -0.2) is 0 Å². The topological polar surface area (TPSA) is 57.9 Å². The summed E-state index contributed by atoms with van der Waals surface area (Å²) in [7, 11) is 3.16. The maximum Gasteiger partial charge on any atom is 0.197 e. The van der Waals surface area contributed by atoms with Gasteiger partial charge in [-0.3, -0.25) is 4.79 Å². The molecule has 2 aromatic carbocycles. The van der Waals surface area contributed by atoms with Crippen molar-refractivity contribution in [3.8, 4) is 28.6 Å². The molecule has 2 heterocycles. The van der Waals surface area contributed by atoms with Crippen molar-refractivity contribution in [3.05, 3.63) is 52.2 Å². The van der Waals surface area contributed by atoms with Crippen LogP contribution in [-0.2, 0) is 6.42 Å². The average Bonchev–Trinajstić information content (AvgIpc) is 2.66. The van der Waals surface area contributed by atoms with E-state index in [9.17, 15) is 4.79 Å². The molecule has 0 spiro atoms. The van der Waals surface area contributed by atoms with E-state index in [1.54, 1.807) is 20.3 Å². The van der Waals surface area contributed by atoms with Gasteiger partial charge in [-0.15, -0.1) is 0 Å². The lowest BCUT2D eigenvalue weighted by molar-refractivity contribution is 0.0846. The van der Waals surface area contributed by atoms with Crippen molar-refractivity contribution in [1.29, 1.82) is 0 Å². The number of ether oxygens (including phenoxy) is 3. The van der Waals surface area contributed by atoms with Crippen LogP contribution in [0.1, 0.15) is 25.8 Å². The number of fused-ring (bicyclic) bond motifs is 3. The number of hydrogen-bond acceptors (Lipinski definition) is 5. The van der Waals surface area contributed by atoms with Crippen molar-refractivity contribution in [2.75, 3.05) is 14.2 Å². The lowest BCUT2D eigenvalue weighted by Crippen LogP contribution is -2.32. The largest absolute Gasteiger partial charge is 0.497 e. The Labute approximate surface area is 157 Å². The van der Waals surface area contributed by atoms with Gasteiger partial charge in [-0.1, -0.05) is 0 Å². The van der Waals surface area contributed by atoms with Gasteiger partial charge in [-0.2, -0.15) is 0 Å². The fourth-order valence-corrected chi connectivity index (χ4v) is 3.49. The van der Waals surface area contributed by atoms with Gasteiger partial charge >= 0.3 is 0 Å². The molecule has 0 radical (unpaired) electrons. The summed E-state index contributed by atoms with van der Waals surface area (Å²) >= 11 is 0. The predicted molar refractivity (Wildman–Crippen MR) is 104 cm³/mol. The SMILES string of the molecule is COc1ccc(-c2cc(=O)c3c(OC)cc4c(c3o2)CCC(C)(C)O4)cc1. The summed E-state index contributed by atoms with van der Waals surface area (Å²) in [5.41, 5.74) is 1.87. The molecule has 27 heavy (non-hydrogen) atoms. The van der Waals surface area contributed by atoms with Gasteiger partial charge < -0.3 is 18.6 Å². The van der Waals surface area contributed by atoms with Crippen LogP contribution in [0, 0.1) is 0 Å².